The molecule has 0 fully saturated rings. The van der Waals surface area contributed by atoms with E-state index in [2.05, 4.69) is 0 Å². The van der Waals surface area contributed by atoms with Gasteiger partial charge in [0, 0.05) is 12.0 Å². The minimum absolute atomic E-state index is 0.0876. The van der Waals surface area contributed by atoms with Crippen molar-refractivity contribution in [3.63, 3.8) is 0 Å². The van der Waals surface area contributed by atoms with Crippen LogP contribution in [0.25, 0.3) is 0 Å². The highest BCUT2D eigenvalue weighted by Crippen LogP contribution is 2.34. The highest BCUT2D eigenvalue weighted by atomic mass is 32.2. The van der Waals surface area contributed by atoms with Gasteiger partial charge in [-0.3, -0.25) is 9.11 Å². The van der Waals surface area contributed by atoms with Gasteiger partial charge in [-0.2, -0.15) is 16.8 Å². The first kappa shape index (κ1) is 19.2. The van der Waals surface area contributed by atoms with Crippen molar-refractivity contribution >= 4 is 20.2 Å². The topological polar surface area (TPSA) is 149 Å². The van der Waals surface area contributed by atoms with E-state index in [0.717, 1.165) is 18.2 Å². The van der Waals surface area contributed by atoms with E-state index >= 15 is 0 Å². The van der Waals surface area contributed by atoms with Crippen LogP contribution in [-0.2, 0) is 26.7 Å². The number of phenols is 2. The fourth-order valence-electron chi connectivity index (χ4n) is 2.45. The number of hydrogen-bond donors (Lipinski definition) is 4. The van der Waals surface area contributed by atoms with Crippen molar-refractivity contribution in [3.05, 3.63) is 46.5 Å². The van der Waals surface area contributed by atoms with Crippen molar-refractivity contribution < 1.29 is 36.2 Å². The maximum atomic E-state index is 11.3. The van der Waals surface area contributed by atoms with E-state index in [1.54, 1.807) is 13.8 Å². The van der Waals surface area contributed by atoms with Crippen LogP contribution in [-0.4, -0.2) is 36.2 Å². The first-order valence-electron chi connectivity index (χ1n) is 6.91. The summed E-state index contributed by atoms with van der Waals surface area (Å²) in [6.45, 7) is 3.17. The van der Waals surface area contributed by atoms with E-state index in [1.165, 1.54) is 6.07 Å². The number of aromatic hydroxyl groups is 2. The molecule has 2 aromatic rings. The fraction of sp³-hybridized carbons (Fsp3) is 0.200. The van der Waals surface area contributed by atoms with Crippen LogP contribution in [0.5, 0.6) is 11.5 Å². The van der Waals surface area contributed by atoms with Crippen molar-refractivity contribution in [2.45, 2.75) is 30.1 Å². The van der Waals surface area contributed by atoms with Crippen molar-refractivity contribution in [1.82, 2.24) is 0 Å². The van der Waals surface area contributed by atoms with Crippen molar-refractivity contribution in [2.75, 3.05) is 0 Å². The lowest BCUT2D eigenvalue weighted by Gasteiger charge is -2.14. The van der Waals surface area contributed by atoms with Gasteiger partial charge in [0.15, 0.2) is 0 Å². The molecule has 8 nitrogen and oxygen atoms in total. The molecule has 0 aliphatic carbocycles. The van der Waals surface area contributed by atoms with Crippen LogP contribution < -0.4 is 0 Å². The zero-order chi connectivity index (χ0) is 19.2. The van der Waals surface area contributed by atoms with Crippen molar-refractivity contribution in [3.8, 4) is 11.5 Å². The summed E-state index contributed by atoms with van der Waals surface area (Å²) in [5, 5.41) is 19.9. The van der Waals surface area contributed by atoms with Crippen LogP contribution in [0.1, 0.15) is 22.3 Å². The summed E-state index contributed by atoms with van der Waals surface area (Å²) in [5.74, 6) is -1.28. The Morgan fingerprint density at radius 2 is 1.40 bits per heavy atom. The largest absolute Gasteiger partial charge is 0.506 e. The summed E-state index contributed by atoms with van der Waals surface area (Å²) in [7, 11) is -9.30. The summed E-state index contributed by atoms with van der Waals surface area (Å²) in [5.41, 5.74) is 1.45. The molecule has 0 aromatic heterocycles. The Kier molecular flexibility index (Phi) is 4.83. The Morgan fingerprint density at radius 1 is 0.840 bits per heavy atom. The maximum Gasteiger partial charge on any atom is 0.298 e. The van der Waals surface area contributed by atoms with Gasteiger partial charge in [0.1, 0.15) is 21.3 Å². The molecule has 0 saturated heterocycles. The Hall–Kier alpha value is -2.14. The molecule has 0 aliphatic rings. The van der Waals surface area contributed by atoms with Gasteiger partial charge in [0.25, 0.3) is 20.2 Å². The molecule has 4 N–H and O–H groups in total. The monoisotopic (exact) mass is 388 g/mol. The van der Waals surface area contributed by atoms with E-state index in [0.29, 0.717) is 16.7 Å². The summed E-state index contributed by atoms with van der Waals surface area (Å²) in [4.78, 5) is -1.37. The second-order valence-electron chi connectivity index (χ2n) is 5.58. The van der Waals surface area contributed by atoms with Gasteiger partial charge in [0.2, 0.25) is 0 Å². The highest BCUT2D eigenvalue weighted by Gasteiger charge is 2.22. The predicted molar refractivity (Wildman–Crippen MR) is 88.1 cm³/mol. The molecule has 0 atom stereocenters. The number of hydrogen-bond acceptors (Lipinski definition) is 6. The molecule has 10 heteroatoms. The summed E-state index contributed by atoms with van der Waals surface area (Å²) in [6, 6.07) is 4.62. The van der Waals surface area contributed by atoms with Gasteiger partial charge in [-0.25, -0.2) is 0 Å². The van der Waals surface area contributed by atoms with Gasteiger partial charge in [-0.1, -0.05) is 6.07 Å². The average molecular weight is 388 g/mol. The third-order valence-electron chi connectivity index (χ3n) is 3.82. The summed E-state index contributed by atoms with van der Waals surface area (Å²) >= 11 is 0. The lowest BCUT2D eigenvalue weighted by atomic mass is 9.96. The highest BCUT2D eigenvalue weighted by molar-refractivity contribution is 7.86. The number of aryl methyl sites for hydroxylation is 2. The smallest absolute Gasteiger partial charge is 0.298 e. The van der Waals surface area contributed by atoms with E-state index in [-0.39, 0.29) is 12.0 Å². The van der Waals surface area contributed by atoms with Crippen LogP contribution in [0, 0.1) is 13.8 Å². The fourth-order valence-corrected chi connectivity index (χ4v) is 3.67. The van der Waals surface area contributed by atoms with Crippen LogP contribution in [0.4, 0.5) is 0 Å². The zero-order valence-corrected chi connectivity index (χ0v) is 14.9. The molecule has 2 aromatic carbocycles. The Morgan fingerprint density at radius 3 is 1.92 bits per heavy atom. The molecule has 0 unspecified atom stereocenters. The van der Waals surface area contributed by atoms with E-state index in [1.807, 2.05) is 0 Å². The lowest BCUT2D eigenvalue weighted by molar-refractivity contribution is 0.438. The van der Waals surface area contributed by atoms with Gasteiger partial charge in [-0.05, 0) is 48.7 Å². The van der Waals surface area contributed by atoms with Crippen LogP contribution in [0.2, 0.25) is 0 Å². The first-order chi connectivity index (χ1) is 11.3. The number of phenolic OH excluding ortho intramolecular Hbond substituents is 2. The Bertz CT molecular complexity index is 1050. The Balaban J connectivity index is 2.66. The minimum Gasteiger partial charge on any atom is -0.506 e. The molecular weight excluding hydrogens is 372 g/mol. The second-order valence-corrected chi connectivity index (χ2v) is 8.36. The van der Waals surface area contributed by atoms with E-state index in [9.17, 15) is 27.0 Å². The normalized spacial score (nSPS) is 12.3. The average Bonchev–Trinajstić information content (AvgIpc) is 2.42. The van der Waals surface area contributed by atoms with E-state index in [4.69, 9.17) is 9.11 Å². The predicted octanol–water partition coefficient (Wildman–Crippen LogP) is 1.80. The molecule has 0 saturated carbocycles. The zero-order valence-electron chi connectivity index (χ0n) is 13.3. The molecular formula is C15H16O8S2. The minimum atomic E-state index is -4.67. The molecule has 0 heterocycles. The first-order valence-corrected chi connectivity index (χ1v) is 9.79. The van der Waals surface area contributed by atoms with Crippen LogP contribution >= 0.6 is 0 Å². The second kappa shape index (κ2) is 6.30. The molecule has 0 radical (unpaired) electrons. The molecule has 136 valence electrons. The summed E-state index contributed by atoms with van der Waals surface area (Å²) < 4.78 is 63.6. The maximum absolute atomic E-state index is 11.3. The third-order valence-corrected chi connectivity index (χ3v) is 5.59. The standard InChI is InChI=1S/C15H16O8S2/c1-8-3-4-13(24(18,19)20)15(17)11(8)6-10-7-14(25(21,22)23)12(16)5-9(10)2/h3-5,7,16-17H,6H2,1-2H3,(H,18,19,20)(H,21,22,23). The van der Waals surface area contributed by atoms with Gasteiger partial charge >= 0.3 is 0 Å². The van der Waals surface area contributed by atoms with Gasteiger partial charge < -0.3 is 10.2 Å². The summed E-state index contributed by atoms with van der Waals surface area (Å²) in [6.07, 6.45) is -0.0876. The molecule has 0 amide bonds. The van der Waals surface area contributed by atoms with Crippen molar-refractivity contribution in [1.29, 1.82) is 0 Å². The van der Waals surface area contributed by atoms with Gasteiger partial charge in [-0.15, -0.1) is 0 Å². The quantitative estimate of drug-likeness (QED) is 0.579. The van der Waals surface area contributed by atoms with E-state index < -0.39 is 41.5 Å². The molecule has 0 bridgehead atoms. The van der Waals surface area contributed by atoms with Crippen LogP contribution in [0.3, 0.4) is 0 Å². The number of benzene rings is 2. The third kappa shape index (κ3) is 3.93. The SMILES string of the molecule is Cc1cc(O)c(S(=O)(=O)O)cc1Cc1c(C)ccc(S(=O)(=O)O)c1O. The molecule has 0 spiro atoms. The van der Waals surface area contributed by atoms with Crippen LogP contribution in [0.15, 0.2) is 34.1 Å². The molecule has 25 heavy (non-hydrogen) atoms. The molecule has 0 aliphatic heterocycles. The lowest BCUT2D eigenvalue weighted by Crippen LogP contribution is -2.05. The van der Waals surface area contributed by atoms with Gasteiger partial charge in [0.05, 0.1) is 0 Å². The molecule has 2 rings (SSSR count). The van der Waals surface area contributed by atoms with Crippen molar-refractivity contribution in [2.24, 2.45) is 0 Å². The Labute approximate surface area is 144 Å². The number of rotatable bonds is 4.